The van der Waals surface area contributed by atoms with Gasteiger partial charge in [-0.05, 0) is 72.6 Å². The number of amides is 1. The average Bonchev–Trinajstić information content (AvgIpc) is 2.96. The monoisotopic (exact) mass is 578 g/mol. The van der Waals surface area contributed by atoms with Crippen LogP contribution in [0.1, 0.15) is 61.5 Å². The summed E-state index contributed by atoms with van der Waals surface area (Å²) in [6, 6.07) is 15.6. The van der Waals surface area contributed by atoms with Crippen molar-refractivity contribution in [3.8, 4) is 17.2 Å². The molecule has 4 N–H and O–H groups in total. The predicted molar refractivity (Wildman–Crippen MR) is 158 cm³/mol. The van der Waals surface area contributed by atoms with Gasteiger partial charge in [0.2, 0.25) is 5.91 Å². The van der Waals surface area contributed by atoms with Gasteiger partial charge in [-0.2, -0.15) is 0 Å². The third-order valence-electron chi connectivity index (χ3n) is 7.82. The standard InChI is InChI=1S/C33H39FN2O6/c1-20(2)24-15-10-21(3)16-30(24)41-19-31(38)36-17-22-11-13-23(14-12-22)35-18-26-27(34)7-5-9-29(26)42-32-25(33(39)40)6-4-8-28(32)37/h4-9,11-14,20-21,24,30,35,37H,10,15-19H2,1-3H3,(H,36,38)(H,39,40)/t21-,24+,30-/m1/s1. The molecule has 0 aliphatic heterocycles. The molecule has 3 atom stereocenters. The van der Waals surface area contributed by atoms with Gasteiger partial charge in [0.05, 0.1) is 6.10 Å². The quantitative estimate of drug-likeness (QED) is 0.188. The van der Waals surface area contributed by atoms with Crippen LogP contribution in [-0.2, 0) is 22.6 Å². The van der Waals surface area contributed by atoms with E-state index < -0.39 is 11.8 Å². The van der Waals surface area contributed by atoms with Gasteiger partial charge < -0.3 is 30.3 Å². The number of halogens is 1. The number of ether oxygens (including phenoxy) is 2. The van der Waals surface area contributed by atoms with Crippen LogP contribution < -0.4 is 15.4 Å². The van der Waals surface area contributed by atoms with E-state index in [2.05, 4.69) is 31.4 Å². The lowest BCUT2D eigenvalue weighted by Crippen LogP contribution is -2.37. The van der Waals surface area contributed by atoms with Crippen LogP contribution in [0.5, 0.6) is 17.2 Å². The van der Waals surface area contributed by atoms with Gasteiger partial charge >= 0.3 is 5.97 Å². The Bertz CT molecular complexity index is 1380. The van der Waals surface area contributed by atoms with Crippen molar-refractivity contribution in [1.82, 2.24) is 5.32 Å². The lowest BCUT2D eigenvalue weighted by atomic mass is 9.75. The van der Waals surface area contributed by atoms with Gasteiger partial charge in [0.1, 0.15) is 23.7 Å². The first kappa shape index (κ1) is 30.8. The molecule has 4 rings (SSSR count). The number of carboxylic acid groups (broad SMARTS) is 1. The van der Waals surface area contributed by atoms with Crippen molar-refractivity contribution in [3.05, 3.63) is 83.2 Å². The first-order valence-electron chi connectivity index (χ1n) is 14.3. The van der Waals surface area contributed by atoms with E-state index in [1.54, 1.807) is 0 Å². The Kier molecular flexibility index (Phi) is 10.4. The summed E-state index contributed by atoms with van der Waals surface area (Å²) in [6.07, 6.45) is 3.45. The highest BCUT2D eigenvalue weighted by atomic mass is 19.1. The summed E-state index contributed by atoms with van der Waals surface area (Å²) in [7, 11) is 0. The molecule has 1 aliphatic carbocycles. The Labute approximate surface area is 245 Å². The summed E-state index contributed by atoms with van der Waals surface area (Å²) in [5.41, 5.74) is 1.54. The number of para-hydroxylation sites is 1. The van der Waals surface area contributed by atoms with E-state index in [9.17, 15) is 24.2 Å². The number of hydrogen-bond donors (Lipinski definition) is 4. The number of phenolic OH excluding ortho intramolecular Hbond substituents is 1. The molecule has 1 amide bonds. The zero-order valence-electron chi connectivity index (χ0n) is 24.2. The lowest BCUT2D eigenvalue weighted by molar-refractivity contribution is -0.131. The molecule has 1 aliphatic rings. The van der Waals surface area contributed by atoms with Crippen LogP contribution in [0.4, 0.5) is 10.1 Å². The number of anilines is 1. The molecular weight excluding hydrogens is 539 g/mol. The van der Waals surface area contributed by atoms with Gasteiger partial charge in [-0.3, -0.25) is 4.79 Å². The van der Waals surface area contributed by atoms with Gasteiger partial charge in [-0.1, -0.05) is 51.5 Å². The summed E-state index contributed by atoms with van der Waals surface area (Å²) in [6.45, 7) is 7.11. The molecule has 9 heteroatoms. The van der Waals surface area contributed by atoms with Gasteiger partial charge in [-0.25, -0.2) is 9.18 Å². The first-order valence-corrected chi connectivity index (χ1v) is 14.3. The molecule has 0 spiro atoms. The van der Waals surface area contributed by atoms with E-state index in [0.717, 1.165) is 18.4 Å². The highest BCUT2D eigenvalue weighted by Gasteiger charge is 2.31. The second-order valence-electron chi connectivity index (χ2n) is 11.3. The summed E-state index contributed by atoms with van der Waals surface area (Å²) in [5, 5.41) is 25.7. The number of aromatic hydroxyl groups is 1. The normalized spacial score (nSPS) is 18.5. The molecule has 0 heterocycles. The molecule has 1 fully saturated rings. The second-order valence-corrected chi connectivity index (χ2v) is 11.3. The van der Waals surface area contributed by atoms with Crippen LogP contribution in [0.15, 0.2) is 60.7 Å². The van der Waals surface area contributed by atoms with E-state index in [-0.39, 0.29) is 53.5 Å². The minimum atomic E-state index is -1.28. The first-order chi connectivity index (χ1) is 20.1. The van der Waals surface area contributed by atoms with Crippen molar-refractivity contribution in [2.24, 2.45) is 17.8 Å². The van der Waals surface area contributed by atoms with Crippen LogP contribution in [0.25, 0.3) is 0 Å². The number of rotatable bonds is 12. The molecule has 0 saturated heterocycles. The van der Waals surface area contributed by atoms with Gasteiger partial charge in [0.25, 0.3) is 0 Å². The van der Waals surface area contributed by atoms with Crippen LogP contribution in [0.2, 0.25) is 0 Å². The summed E-state index contributed by atoms with van der Waals surface area (Å²) >= 11 is 0. The van der Waals surface area contributed by atoms with Crippen molar-refractivity contribution in [2.45, 2.75) is 59.2 Å². The van der Waals surface area contributed by atoms with Crippen molar-refractivity contribution in [1.29, 1.82) is 0 Å². The van der Waals surface area contributed by atoms with Crippen molar-refractivity contribution < 1.29 is 33.7 Å². The zero-order valence-corrected chi connectivity index (χ0v) is 24.2. The van der Waals surface area contributed by atoms with E-state index in [4.69, 9.17) is 9.47 Å². The molecule has 3 aromatic carbocycles. The van der Waals surface area contributed by atoms with Gasteiger partial charge in [-0.15, -0.1) is 0 Å². The Hall–Kier alpha value is -4.11. The Morgan fingerprint density at radius 1 is 1.02 bits per heavy atom. The van der Waals surface area contributed by atoms with E-state index >= 15 is 0 Å². The number of benzene rings is 3. The van der Waals surface area contributed by atoms with Crippen LogP contribution in [0, 0.1) is 23.6 Å². The molecule has 3 aromatic rings. The molecule has 8 nitrogen and oxygen atoms in total. The topological polar surface area (TPSA) is 117 Å². The Morgan fingerprint density at radius 3 is 2.48 bits per heavy atom. The number of aromatic carboxylic acids is 1. The average molecular weight is 579 g/mol. The fourth-order valence-electron chi connectivity index (χ4n) is 5.39. The van der Waals surface area contributed by atoms with Gasteiger partial charge in [0.15, 0.2) is 11.5 Å². The van der Waals surface area contributed by atoms with Crippen LogP contribution in [-0.4, -0.2) is 34.8 Å². The van der Waals surface area contributed by atoms with E-state index in [1.807, 2.05) is 24.3 Å². The lowest BCUT2D eigenvalue weighted by Gasteiger charge is -2.37. The summed E-state index contributed by atoms with van der Waals surface area (Å²) < 4.78 is 26.5. The molecule has 0 unspecified atom stereocenters. The summed E-state index contributed by atoms with van der Waals surface area (Å²) in [4.78, 5) is 24.0. The van der Waals surface area contributed by atoms with Gasteiger partial charge in [0, 0.05) is 24.3 Å². The number of nitrogens with one attached hydrogen (secondary N) is 2. The Balaban J connectivity index is 1.31. The molecule has 224 valence electrons. The third kappa shape index (κ3) is 8.00. The number of hydrogen-bond acceptors (Lipinski definition) is 6. The number of phenols is 1. The predicted octanol–water partition coefficient (Wildman–Crippen LogP) is 6.73. The van der Waals surface area contributed by atoms with E-state index in [1.165, 1.54) is 42.8 Å². The third-order valence-corrected chi connectivity index (χ3v) is 7.82. The fraction of sp³-hybridized carbons (Fsp3) is 0.394. The van der Waals surface area contributed by atoms with Crippen molar-refractivity contribution >= 4 is 17.6 Å². The minimum absolute atomic E-state index is 0.0437. The maximum absolute atomic E-state index is 14.8. The second kappa shape index (κ2) is 14.2. The fourth-order valence-corrected chi connectivity index (χ4v) is 5.39. The maximum Gasteiger partial charge on any atom is 0.339 e. The SMILES string of the molecule is CC(C)[C@@H]1CC[C@@H](C)C[C@H]1OCC(=O)NCc1ccc(NCc2c(F)cccc2Oc2c(O)cccc2C(=O)O)cc1. The number of carbonyl (C=O) groups excluding carboxylic acids is 1. The number of carboxylic acids is 1. The molecule has 42 heavy (non-hydrogen) atoms. The highest BCUT2D eigenvalue weighted by molar-refractivity contribution is 5.92. The van der Waals surface area contributed by atoms with Crippen molar-refractivity contribution in [2.75, 3.05) is 11.9 Å². The maximum atomic E-state index is 14.8. The van der Waals surface area contributed by atoms with Crippen molar-refractivity contribution in [3.63, 3.8) is 0 Å². The Morgan fingerprint density at radius 2 is 1.76 bits per heavy atom. The molecule has 0 aromatic heterocycles. The van der Waals surface area contributed by atoms with Crippen LogP contribution in [0.3, 0.4) is 0 Å². The minimum Gasteiger partial charge on any atom is -0.504 e. The smallest absolute Gasteiger partial charge is 0.339 e. The zero-order chi connectivity index (χ0) is 30.2. The number of carbonyl (C=O) groups is 2. The molecule has 0 radical (unpaired) electrons. The summed E-state index contributed by atoms with van der Waals surface area (Å²) in [5.74, 6) is -0.908. The molecular formula is C33H39FN2O6. The van der Waals surface area contributed by atoms with E-state index in [0.29, 0.717) is 30.0 Å². The van der Waals surface area contributed by atoms with Crippen LogP contribution >= 0.6 is 0 Å². The molecule has 0 bridgehead atoms. The largest absolute Gasteiger partial charge is 0.504 e. The molecule has 1 saturated carbocycles. The highest BCUT2D eigenvalue weighted by Crippen LogP contribution is 2.37.